The lowest BCUT2D eigenvalue weighted by Gasteiger charge is -2.14. The van der Waals surface area contributed by atoms with Crippen LogP contribution in [0.5, 0.6) is 11.5 Å². The van der Waals surface area contributed by atoms with E-state index in [2.05, 4.69) is 0 Å². The first-order valence-corrected chi connectivity index (χ1v) is 14.2. The van der Waals surface area contributed by atoms with E-state index in [-0.39, 0.29) is 13.2 Å². The molecular weight excluding hydrogens is 498 g/mol. The summed E-state index contributed by atoms with van der Waals surface area (Å²) in [5.74, 6) is 0.823. The van der Waals surface area contributed by atoms with Crippen molar-refractivity contribution >= 4 is 15.5 Å². The molecule has 4 aromatic rings. The van der Waals surface area contributed by atoms with Gasteiger partial charge in [0.25, 0.3) is 0 Å². The first-order valence-electron chi connectivity index (χ1n) is 10.9. The van der Waals surface area contributed by atoms with Gasteiger partial charge in [-0.3, -0.25) is 9.05 Å². The Morgan fingerprint density at radius 3 is 1.11 bits per heavy atom. The van der Waals surface area contributed by atoms with Crippen LogP contribution >= 0.6 is 15.5 Å². The van der Waals surface area contributed by atoms with Gasteiger partial charge < -0.3 is 9.05 Å². The number of nitrogens with two attached hydrogens (primary N) is 2. The Bertz CT molecular complexity index is 1170. The van der Waals surface area contributed by atoms with Gasteiger partial charge in [-0.15, -0.1) is 0 Å². The Morgan fingerprint density at radius 1 is 0.472 bits per heavy atom. The summed E-state index contributed by atoms with van der Waals surface area (Å²) in [6.45, 7) is 0.340. The summed E-state index contributed by atoms with van der Waals surface area (Å²) in [6.07, 6.45) is 0. The first-order chi connectivity index (χ1) is 17.3. The molecule has 0 atom stereocenters. The summed E-state index contributed by atoms with van der Waals surface area (Å²) < 4.78 is 44.3. The average molecular weight is 526 g/mol. The molecule has 8 nitrogen and oxygen atoms in total. The van der Waals surface area contributed by atoms with Crippen molar-refractivity contribution in [2.45, 2.75) is 13.2 Å². The normalized spacial score (nSPS) is 11.2. The Hall–Kier alpha value is -3.22. The fourth-order valence-corrected chi connectivity index (χ4v) is 4.39. The Kier molecular flexibility index (Phi) is 10.5. The lowest BCUT2D eigenvalue weighted by atomic mass is 10.2. The monoisotopic (exact) mass is 526 g/mol. The minimum absolute atomic E-state index is 0.170. The first kappa shape index (κ1) is 27.4. The number of hydrogen-bond acceptors (Lipinski definition) is 6. The predicted molar refractivity (Wildman–Crippen MR) is 140 cm³/mol. The molecule has 0 radical (unpaired) electrons. The van der Waals surface area contributed by atoms with Gasteiger partial charge in [0, 0.05) is 0 Å². The summed E-state index contributed by atoms with van der Waals surface area (Å²) in [5, 5.41) is 0. The summed E-state index contributed by atoms with van der Waals surface area (Å²) in [7, 11) is -7.16. The van der Waals surface area contributed by atoms with E-state index in [1.807, 2.05) is 72.8 Å². The van der Waals surface area contributed by atoms with Crippen LogP contribution in [0.4, 0.5) is 0 Å². The van der Waals surface area contributed by atoms with Gasteiger partial charge >= 0.3 is 15.5 Å². The second-order valence-corrected chi connectivity index (χ2v) is 10.4. The SMILES string of the molecule is NP(=O)(OCc1ccccc1)OCc1ccccc1.NP(=O)(Oc1ccccc1)Oc1ccccc1. The Labute approximate surface area is 211 Å². The maximum Gasteiger partial charge on any atom is 0.510 e. The van der Waals surface area contributed by atoms with Gasteiger partial charge in [-0.05, 0) is 35.4 Å². The van der Waals surface area contributed by atoms with Crippen LogP contribution in [-0.4, -0.2) is 0 Å². The van der Waals surface area contributed by atoms with E-state index in [1.165, 1.54) is 0 Å². The summed E-state index contributed by atoms with van der Waals surface area (Å²) >= 11 is 0. The van der Waals surface area contributed by atoms with Crippen molar-refractivity contribution in [3.8, 4) is 11.5 Å². The highest BCUT2D eigenvalue weighted by Gasteiger charge is 2.21. The molecule has 10 heteroatoms. The van der Waals surface area contributed by atoms with Gasteiger partial charge in [0.2, 0.25) is 0 Å². The standard InChI is InChI=1S/C14H16NO3P.C12H12NO3P/c15-19(16,17-11-13-7-3-1-4-8-13)18-12-14-9-5-2-6-10-14;13-17(14,15-11-7-3-1-4-8-11)16-12-9-5-2-6-10-12/h1-10H,11-12H2,(H2,15,16);1-10H,(H2,13,14). The molecule has 4 N–H and O–H groups in total. The average Bonchev–Trinajstić information content (AvgIpc) is 2.89. The second kappa shape index (κ2) is 13.8. The third kappa shape index (κ3) is 10.6. The van der Waals surface area contributed by atoms with Crippen molar-refractivity contribution < 1.29 is 27.2 Å². The topological polar surface area (TPSA) is 123 Å². The lowest BCUT2D eigenvalue weighted by molar-refractivity contribution is 0.191. The van der Waals surface area contributed by atoms with E-state index in [4.69, 9.17) is 29.1 Å². The molecule has 4 aromatic carbocycles. The smallest absolute Gasteiger partial charge is 0.405 e. The van der Waals surface area contributed by atoms with E-state index >= 15 is 0 Å². The van der Waals surface area contributed by atoms with Crippen LogP contribution in [-0.2, 0) is 31.4 Å². The van der Waals surface area contributed by atoms with Crippen molar-refractivity contribution in [1.29, 1.82) is 0 Å². The molecule has 0 aliphatic carbocycles. The van der Waals surface area contributed by atoms with Gasteiger partial charge in [-0.1, -0.05) is 97.1 Å². The van der Waals surface area contributed by atoms with Crippen LogP contribution in [0.25, 0.3) is 0 Å². The Balaban J connectivity index is 0.000000202. The molecule has 0 saturated heterocycles. The predicted octanol–water partition coefficient (Wildman–Crippen LogP) is 6.70. The molecule has 0 saturated carbocycles. The van der Waals surface area contributed by atoms with E-state index in [9.17, 15) is 9.13 Å². The fraction of sp³-hybridized carbons (Fsp3) is 0.0769. The van der Waals surface area contributed by atoms with Gasteiger partial charge in [-0.25, -0.2) is 20.1 Å². The number of rotatable bonds is 10. The number of benzene rings is 4. The van der Waals surface area contributed by atoms with Crippen molar-refractivity contribution in [3.05, 3.63) is 132 Å². The molecule has 0 aromatic heterocycles. The summed E-state index contributed by atoms with van der Waals surface area (Å²) in [5.41, 5.74) is 12.8. The van der Waals surface area contributed by atoms with E-state index in [1.54, 1.807) is 48.5 Å². The highest BCUT2D eigenvalue weighted by atomic mass is 31.2. The molecular formula is C26H28N2O6P2. The zero-order valence-corrected chi connectivity index (χ0v) is 21.2. The van der Waals surface area contributed by atoms with Crippen molar-refractivity contribution in [2.75, 3.05) is 0 Å². The van der Waals surface area contributed by atoms with Gasteiger partial charge in [-0.2, -0.15) is 0 Å². The van der Waals surface area contributed by atoms with Crippen LogP contribution in [0.1, 0.15) is 11.1 Å². The van der Waals surface area contributed by atoms with E-state index in [0.717, 1.165) is 11.1 Å². The molecule has 36 heavy (non-hydrogen) atoms. The minimum atomic E-state index is -3.64. The maximum absolute atomic E-state index is 11.9. The van der Waals surface area contributed by atoms with Crippen LogP contribution < -0.4 is 20.1 Å². The van der Waals surface area contributed by atoms with Crippen molar-refractivity contribution in [3.63, 3.8) is 0 Å². The molecule has 0 fully saturated rings. The second-order valence-electron chi connectivity index (χ2n) is 7.41. The summed E-state index contributed by atoms with van der Waals surface area (Å²) in [6, 6.07) is 36.1. The molecule has 188 valence electrons. The third-order valence-corrected chi connectivity index (χ3v) is 6.37. The molecule has 4 rings (SSSR count). The Morgan fingerprint density at radius 2 is 0.778 bits per heavy atom. The highest BCUT2D eigenvalue weighted by molar-refractivity contribution is 7.52. The zero-order valence-electron chi connectivity index (χ0n) is 19.5. The van der Waals surface area contributed by atoms with Crippen molar-refractivity contribution in [2.24, 2.45) is 11.0 Å². The summed E-state index contributed by atoms with van der Waals surface area (Å²) in [4.78, 5) is 0. The fourth-order valence-electron chi connectivity index (χ4n) is 2.79. The molecule has 0 bridgehead atoms. The largest absolute Gasteiger partial charge is 0.510 e. The minimum Gasteiger partial charge on any atom is -0.405 e. The third-order valence-electron chi connectivity index (χ3n) is 4.46. The number of para-hydroxylation sites is 2. The zero-order chi connectivity index (χ0) is 25.7. The van der Waals surface area contributed by atoms with Crippen LogP contribution in [0.15, 0.2) is 121 Å². The molecule has 0 aliphatic rings. The molecule has 0 aliphatic heterocycles. The van der Waals surface area contributed by atoms with Gasteiger partial charge in [0.05, 0.1) is 13.2 Å². The van der Waals surface area contributed by atoms with Crippen LogP contribution in [0.2, 0.25) is 0 Å². The molecule has 0 spiro atoms. The maximum atomic E-state index is 11.9. The van der Waals surface area contributed by atoms with Crippen molar-refractivity contribution in [1.82, 2.24) is 0 Å². The van der Waals surface area contributed by atoms with Gasteiger partial charge in [0.1, 0.15) is 11.5 Å². The molecule has 0 heterocycles. The quantitative estimate of drug-likeness (QED) is 0.219. The van der Waals surface area contributed by atoms with E-state index < -0.39 is 15.5 Å². The number of hydrogen-bond donors (Lipinski definition) is 2. The van der Waals surface area contributed by atoms with Crippen LogP contribution in [0.3, 0.4) is 0 Å². The highest BCUT2D eigenvalue weighted by Crippen LogP contribution is 2.41. The van der Waals surface area contributed by atoms with E-state index in [0.29, 0.717) is 11.5 Å². The lowest BCUT2D eigenvalue weighted by Crippen LogP contribution is -2.08. The molecule has 0 amide bonds. The van der Waals surface area contributed by atoms with Gasteiger partial charge in [0.15, 0.2) is 0 Å². The molecule has 0 unspecified atom stereocenters. The van der Waals surface area contributed by atoms with Crippen LogP contribution in [0, 0.1) is 0 Å².